The lowest BCUT2D eigenvalue weighted by Crippen LogP contribution is -2.34. The van der Waals surface area contributed by atoms with Crippen molar-refractivity contribution >= 4 is 11.9 Å². The third-order valence-corrected chi connectivity index (χ3v) is 9.55. The van der Waals surface area contributed by atoms with Crippen molar-refractivity contribution in [1.29, 1.82) is 0 Å². The molecule has 2 atom stereocenters. The van der Waals surface area contributed by atoms with Crippen LogP contribution in [0.4, 0.5) is 0 Å². The summed E-state index contributed by atoms with van der Waals surface area (Å²) in [5, 5.41) is 10.1. The topological polar surface area (TPSA) is 82.1 Å². The molecular weight excluding hydrogens is 612 g/mol. The number of hydrogen-bond donors (Lipinski definition) is 1. The number of aliphatic hydroxyl groups is 1. The zero-order chi connectivity index (χ0) is 36.4. The van der Waals surface area contributed by atoms with Crippen LogP contribution in [0.15, 0.2) is 0 Å². The molecule has 0 aromatic carbocycles. The van der Waals surface area contributed by atoms with Crippen LogP contribution in [0.2, 0.25) is 0 Å². The van der Waals surface area contributed by atoms with E-state index in [-0.39, 0.29) is 30.3 Å². The normalized spacial score (nSPS) is 13.1. The van der Waals surface area contributed by atoms with E-state index in [9.17, 15) is 14.7 Å². The first-order valence-electron chi connectivity index (χ1n) is 21.3. The quantitative estimate of drug-likeness (QED) is 0.0514. The van der Waals surface area contributed by atoms with Gasteiger partial charge in [-0.3, -0.25) is 9.59 Å². The molecule has 0 fully saturated rings. The van der Waals surface area contributed by atoms with Gasteiger partial charge in [-0.25, -0.2) is 0 Å². The summed E-state index contributed by atoms with van der Waals surface area (Å²) in [5.41, 5.74) is -0.576. The molecule has 0 radical (unpaired) electrons. The molecule has 0 aromatic rings. The van der Waals surface area contributed by atoms with Crippen molar-refractivity contribution in [1.82, 2.24) is 0 Å². The number of unbranched alkanes of at least 4 members (excludes halogenated alkanes) is 20. The van der Waals surface area contributed by atoms with E-state index in [2.05, 4.69) is 13.8 Å². The summed E-state index contributed by atoms with van der Waals surface area (Å²) in [5.74, 6) is -0.120. The Balaban J connectivity index is 3.93. The molecule has 0 heterocycles. The standard InChI is InChI=1S/C43H84O6/c1-7-9-11-25-31-39(44)32-26-21-17-13-15-19-23-29-35-41(45)48-40(33-27-12-10-8-2)34-28-22-18-14-16-20-24-30-36-42(46)49-43(5,6)37-47-38(3)4/h38-40,44H,7-37H2,1-6H3. The van der Waals surface area contributed by atoms with E-state index >= 15 is 0 Å². The molecule has 0 amide bonds. The highest BCUT2D eigenvalue weighted by atomic mass is 16.6. The summed E-state index contributed by atoms with van der Waals surface area (Å²) >= 11 is 0. The number of carbonyl (C=O) groups excluding carboxylic acids is 2. The molecule has 0 aliphatic heterocycles. The van der Waals surface area contributed by atoms with Gasteiger partial charge in [-0.05, 0) is 79.1 Å². The van der Waals surface area contributed by atoms with E-state index < -0.39 is 5.60 Å². The second-order valence-electron chi connectivity index (χ2n) is 15.8. The molecule has 6 heteroatoms. The van der Waals surface area contributed by atoms with Crippen molar-refractivity contribution < 1.29 is 28.9 Å². The lowest BCUT2D eigenvalue weighted by Gasteiger charge is -2.26. The lowest BCUT2D eigenvalue weighted by atomic mass is 10.0. The van der Waals surface area contributed by atoms with Gasteiger partial charge in [0.1, 0.15) is 11.7 Å². The lowest BCUT2D eigenvalue weighted by molar-refractivity contribution is -0.163. The van der Waals surface area contributed by atoms with Crippen molar-refractivity contribution in [2.75, 3.05) is 6.61 Å². The molecule has 0 aliphatic carbocycles. The predicted octanol–water partition coefficient (Wildman–Crippen LogP) is 12.7. The summed E-state index contributed by atoms with van der Waals surface area (Å²) in [6.07, 6.45) is 33.4. The van der Waals surface area contributed by atoms with Crippen molar-refractivity contribution in [3.8, 4) is 0 Å². The number of rotatable bonds is 37. The minimum Gasteiger partial charge on any atom is -0.462 e. The maximum atomic E-state index is 12.6. The fourth-order valence-corrected chi connectivity index (χ4v) is 6.42. The minimum atomic E-state index is -0.576. The largest absolute Gasteiger partial charge is 0.462 e. The first-order valence-corrected chi connectivity index (χ1v) is 21.3. The average Bonchev–Trinajstić information content (AvgIpc) is 3.05. The van der Waals surface area contributed by atoms with E-state index in [4.69, 9.17) is 14.2 Å². The van der Waals surface area contributed by atoms with Crippen LogP contribution in [0.5, 0.6) is 0 Å². The number of esters is 2. The van der Waals surface area contributed by atoms with E-state index in [0.29, 0.717) is 19.4 Å². The predicted molar refractivity (Wildman–Crippen MR) is 207 cm³/mol. The minimum absolute atomic E-state index is 0.00470. The van der Waals surface area contributed by atoms with Crippen molar-refractivity contribution in [3.05, 3.63) is 0 Å². The molecule has 0 saturated carbocycles. The molecule has 0 saturated heterocycles. The first kappa shape index (κ1) is 47.9. The second-order valence-corrected chi connectivity index (χ2v) is 15.8. The number of carbonyl (C=O) groups is 2. The monoisotopic (exact) mass is 697 g/mol. The molecule has 292 valence electrons. The second kappa shape index (κ2) is 34.0. The van der Waals surface area contributed by atoms with Gasteiger partial charge in [0.15, 0.2) is 0 Å². The Hall–Kier alpha value is -1.14. The summed E-state index contributed by atoms with van der Waals surface area (Å²) in [6.45, 7) is 12.7. The summed E-state index contributed by atoms with van der Waals surface area (Å²) in [7, 11) is 0. The van der Waals surface area contributed by atoms with Crippen molar-refractivity contribution in [2.45, 2.75) is 258 Å². The van der Waals surface area contributed by atoms with Gasteiger partial charge in [0.25, 0.3) is 0 Å². The molecular formula is C43H84O6. The van der Waals surface area contributed by atoms with Gasteiger partial charge in [-0.15, -0.1) is 0 Å². The molecule has 1 N–H and O–H groups in total. The van der Waals surface area contributed by atoms with Gasteiger partial charge in [0.05, 0.1) is 18.8 Å². The molecule has 6 nitrogen and oxygen atoms in total. The molecule has 0 aromatic heterocycles. The fourth-order valence-electron chi connectivity index (χ4n) is 6.42. The van der Waals surface area contributed by atoms with E-state index in [1.165, 1.54) is 103 Å². The highest BCUT2D eigenvalue weighted by molar-refractivity contribution is 5.70. The smallest absolute Gasteiger partial charge is 0.306 e. The molecule has 2 unspecified atom stereocenters. The first-order chi connectivity index (χ1) is 23.6. The Bertz CT molecular complexity index is 736. The van der Waals surface area contributed by atoms with Crippen LogP contribution < -0.4 is 0 Å². The third kappa shape index (κ3) is 35.1. The highest BCUT2D eigenvalue weighted by Gasteiger charge is 2.23. The van der Waals surface area contributed by atoms with Crippen LogP contribution in [-0.2, 0) is 23.8 Å². The number of hydrogen-bond acceptors (Lipinski definition) is 6. The van der Waals surface area contributed by atoms with Gasteiger partial charge < -0.3 is 19.3 Å². The average molecular weight is 697 g/mol. The Kier molecular flexibility index (Phi) is 33.2. The van der Waals surface area contributed by atoms with Gasteiger partial charge in [-0.1, -0.05) is 142 Å². The number of aliphatic hydroxyl groups excluding tert-OH is 1. The molecule has 0 aliphatic rings. The fraction of sp³-hybridized carbons (Fsp3) is 0.953. The summed E-state index contributed by atoms with van der Waals surface area (Å²) in [6, 6.07) is 0. The van der Waals surface area contributed by atoms with Crippen LogP contribution >= 0.6 is 0 Å². The Morgan fingerprint density at radius 2 is 0.898 bits per heavy atom. The van der Waals surface area contributed by atoms with Crippen LogP contribution in [-0.4, -0.2) is 47.6 Å². The maximum Gasteiger partial charge on any atom is 0.306 e. The van der Waals surface area contributed by atoms with Crippen LogP contribution in [0.25, 0.3) is 0 Å². The Morgan fingerprint density at radius 3 is 1.33 bits per heavy atom. The molecule has 49 heavy (non-hydrogen) atoms. The highest BCUT2D eigenvalue weighted by Crippen LogP contribution is 2.19. The zero-order valence-electron chi connectivity index (χ0n) is 33.6. The summed E-state index contributed by atoms with van der Waals surface area (Å²) in [4.78, 5) is 24.8. The van der Waals surface area contributed by atoms with Crippen LogP contribution in [0.1, 0.15) is 234 Å². The maximum absolute atomic E-state index is 12.6. The third-order valence-electron chi connectivity index (χ3n) is 9.55. The Morgan fingerprint density at radius 1 is 0.531 bits per heavy atom. The van der Waals surface area contributed by atoms with E-state index in [1.807, 2.05) is 27.7 Å². The zero-order valence-corrected chi connectivity index (χ0v) is 33.6. The van der Waals surface area contributed by atoms with Crippen LogP contribution in [0, 0.1) is 0 Å². The Labute approximate surface area is 305 Å². The van der Waals surface area contributed by atoms with Crippen molar-refractivity contribution in [2.24, 2.45) is 0 Å². The molecule has 0 bridgehead atoms. The van der Waals surface area contributed by atoms with Gasteiger partial charge in [-0.2, -0.15) is 0 Å². The summed E-state index contributed by atoms with van der Waals surface area (Å²) < 4.78 is 17.2. The van der Waals surface area contributed by atoms with Gasteiger partial charge >= 0.3 is 11.9 Å². The SMILES string of the molecule is CCCCCCC(O)CCCCCCCCCCC(=O)OC(CCCCCC)CCCCCCCCCCC(=O)OC(C)(C)COC(C)C. The molecule has 0 rings (SSSR count). The van der Waals surface area contributed by atoms with Gasteiger partial charge in [0, 0.05) is 12.8 Å². The molecule has 0 spiro atoms. The van der Waals surface area contributed by atoms with E-state index in [1.54, 1.807) is 0 Å². The van der Waals surface area contributed by atoms with E-state index in [0.717, 1.165) is 77.0 Å². The number of ether oxygens (including phenoxy) is 3. The van der Waals surface area contributed by atoms with Gasteiger partial charge in [0.2, 0.25) is 0 Å². The van der Waals surface area contributed by atoms with Crippen molar-refractivity contribution in [3.63, 3.8) is 0 Å². The van der Waals surface area contributed by atoms with Crippen LogP contribution in [0.3, 0.4) is 0 Å².